The molecule has 0 unspecified atom stereocenters. The van der Waals surface area contributed by atoms with Crippen molar-refractivity contribution >= 4 is 10.0 Å². The fourth-order valence-electron chi connectivity index (χ4n) is 1.74. The van der Waals surface area contributed by atoms with Crippen molar-refractivity contribution in [3.05, 3.63) is 29.6 Å². The van der Waals surface area contributed by atoms with Gasteiger partial charge >= 0.3 is 0 Å². The summed E-state index contributed by atoms with van der Waals surface area (Å²) < 4.78 is 39.3. The summed E-state index contributed by atoms with van der Waals surface area (Å²) in [5.74, 6) is 4.41. The van der Waals surface area contributed by atoms with Crippen LogP contribution in [-0.4, -0.2) is 38.0 Å². The minimum atomic E-state index is -3.73. The van der Waals surface area contributed by atoms with Crippen molar-refractivity contribution in [2.24, 2.45) is 5.92 Å². The van der Waals surface area contributed by atoms with Gasteiger partial charge in [-0.2, -0.15) is 0 Å². The zero-order chi connectivity index (χ0) is 15.3. The molecule has 0 heterocycles. The zero-order valence-electron chi connectivity index (χ0n) is 11.7. The van der Waals surface area contributed by atoms with Gasteiger partial charge in [0.25, 0.3) is 0 Å². The molecule has 0 bridgehead atoms. The first-order valence-corrected chi connectivity index (χ1v) is 7.58. The molecular formula is C14H18FNO3S. The summed E-state index contributed by atoms with van der Waals surface area (Å²) in [7, 11) is -2.26. The number of hydrogen-bond donors (Lipinski definition) is 1. The van der Waals surface area contributed by atoms with Crippen LogP contribution < -0.4 is 0 Å². The Morgan fingerprint density at radius 3 is 2.60 bits per heavy atom. The lowest BCUT2D eigenvalue weighted by atomic mass is 10.2. The highest BCUT2D eigenvalue weighted by Crippen LogP contribution is 2.20. The van der Waals surface area contributed by atoms with Crippen LogP contribution >= 0.6 is 0 Å². The third-order valence-electron chi connectivity index (χ3n) is 2.55. The zero-order valence-corrected chi connectivity index (χ0v) is 12.5. The molecular weight excluding hydrogens is 281 g/mol. The molecule has 0 saturated heterocycles. The smallest absolute Gasteiger partial charge is 0.244 e. The van der Waals surface area contributed by atoms with Crippen molar-refractivity contribution in [3.8, 4) is 11.8 Å². The fraction of sp³-hybridized carbons (Fsp3) is 0.429. The Kier molecular flexibility index (Phi) is 5.69. The van der Waals surface area contributed by atoms with Crippen LogP contribution in [0.1, 0.15) is 19.4 Å². The van der Waals surface area contributed by atoms with E-state index in [4.69, 9.17) is 5.11 Å². The van der Waals surface area contributed by atoms with Gasteiger partial charge in [-0.25, -0.2) is 17.1 Å². The minimum absolute atomic E-state index is 0.0506. The maximum atomic E-state index is 13.2. The molecule has 0 aromatic heterocycles. The topological polar surface area (TPSA) is 57.6 Å². The highest BCUT2D eigenvalue weighted by atomic mass is 32.2. The van der Waals surface area contributed by atoms with Crippen molar-refractivity contribution in [1.82, 2.24) is 4.31 Å². The average Bonchev–Trinajstić information content (AvgIpc) is 2.35. The Labute approximate surface area is 119 Å². The minimum Gasteiger partial charge on any atom is -0.384 e. The second-order valence-corrected chi connectivity index (χ2v) is 6.79. The molecule has 0 atom stereocenters. The Balaban J connectivity index is 3.31. The summed E-state index contributed by atoms with van der Waals surface area (Å²) in [5, 5.41) is 8.69. The van der Waals surface area contributed by atoms with E-state index in [1.54, 1.807) is 0 Å². The predicted molar refractivity (Wildman–Crippen MR) is 75.0 cm³/mol. The lowest BCUT2D eigenvalue weighted by molar-refractivity contribution is 0.350. The van der Waals surface area contributed by atoms with Crippen LogP contribution in [0, 0.1) is 23.6 Å². The fourth-order valence-corrected chi connectivity index (χ4v) is 3.20. The summed E-state index contributed by atoms with van der Waals surface area (Å²) in [6, 6.07) is 3.34. The number of sulfonamides is 1. The normalized spacial score (nSPS) is 11.6. The molecule has 1 aromatic carbocycles. The average molecular weight is 299 g/mol. The molecule has 0 aliphatic heterocycles. The van der Waals surface area contributed by atoms with Gasteiger partial charge in [0.1, 0.15) is 12.4 Å². The van der Waals surface area contributed by atoms with Crippen LogP contribution in [0.5, 0.6) is 0 Å². The Morgan fingerprint density at radius 2 is 2.05 bits per heavy atom. The van der Waals surface area contributed by atoms with Gasteiger partial charge in [-0.1, -0.05) is 25.7 Å². The van der Waals surface area contributed by atoms with Crippen molar-refractivity contribution < 1.29 is 17.9 Å². The third kappa shape index (κ3) is 4.04. The first-order valence-electron chi connectivity index (χ1n) is 6.14. The van der Waals surface area contributed by atoms with E-state index in [2.05, 4.69) is 11.8 Å². The van der Waals surface area contributed by atoms with Crippen LogP contribution in [-0.2, 0) is 10.0 Å². The molecule has 0 saturated carbocycles. The van der Waals surface area contributed by atoms with Crippen LogP contribution in [0.4, 0.5) is 4.39 Å². The van der Waals surface area contributed by atoms with Gasteiger partial charge in [-0.05, 0) is 24.1 Å². The first kappa shape index (κ1) is 16.6. The number of rotatable bonds is 4. The summed E-state index contributed by atoms with van der Waals surface area (Å²) >= 11 is 0. The van der Waals surface area contributed by atoms with Gasteiger partial charge in [0.2, 0.25) is 10.0 Å². The lowest BCUT2D eigenvalue weighted by Crippen LogP contribution is -2.31. The molecule has 6 heteroatoms. The monoisotopic (exact) mass is 299 g/mol. The number of halogens is 1. The van der Waals surface area contributed by atoms with Crippen LogP contribution in [0.3, 0.4) is 0 Å². The standard InChI is InChI=1S/C14H18FNO3S/c1-11(2)10-16(3)20(18,19)14-7-6-13(15)9-12(14)5-4-8-17/h6-7,9,11,17H,8,10H2,1-3H3. The van der Waals surface area contributed by atoms with Crippen LogP contribution in [0.2, 0.25) is 0 Å². The molecule has 0 amide bonds. The Bertz CT molecular complexity index is 630. The molecule has 0 aliphatic rings. The number of aliphatic hydroxyl groups is 1. The molecule has 0 fully saturated rings. The molecule has 1 aromatic rings. The van der Waals surface area contributed by atoms with Gasteiger partial charge in [-0.15, -0.1) is 0 Å². The lowest BCUT2D eigenvalue weighted by Gasteiger charge is -2.20. The van der Waals surface area contributed by atoms with E-state index < -0.39 is 22.4 Å². The largest absolute Gasteiger partial charge is 0.384 e. The maximum Gasteiger partial charge on any atom is 0.244 e. The van der Waals surface area contributed by atoms with E-state index in [0.717, 1.165) is 12.1 Å². The number of hydrogen-bond acceptors (Lipinski definition) is 3. The number of benzene rings is 1. The van der Waals surface area contributed by atoms with Gasteiger partial charge in [0.05, 0.1) is 4.90 Å². The summed E-state index contributed by atoms with van der Waals surface area (Å²) in [5.41, 5.74) is 0.0506. The van der Waals surface area contributed by atoms with Crippen molar-refractivity contribution in [2.45, 2.75) is 18.7 Å². The first-order chi connectivity index (χ1) is 9.28. The second-order valence-electron chi connectivity index (χ2n) is 4.78. The van der Waals surface area contributed by atoms with Gasteiger partial charge in [0.15, 0.2) is 0 Å². The Hall–Kier alpha value is -1.42. The third-order valence-corrected chi connectivity index (χ3v) is 4.44. The molecule has 0 aliphatic carbocycles. The Morgan fingerprint density at radius 1 is 1.40 bits per heavy atom. The quantitative estimate of drug-likeness (QED) is 0.856. The van der Waals surface area contributed by atoms with Gasteiger partial charge in [-0.3, -0.25) is 0 Å². The SMILES string of the molecule is CC(C)CN(C)S(=O)(=O)c1ccc(F)cc1C#CCO. The van der Waals surface area contributed by atoms with Crippen molar-refractivity contribution in [2.75, 3.05) is 20.2 Å². The molecule has 1 N–H and O–H groups in total. The van der Waals surface area contributed by atoms with E-state index in [1.807, 2.05) is 13.8 Å². The highest BCUT2D eigenvalue weighted by Gasteiger charge is 2.24. The van der Waals surface area contributed by atoms with E-state index >= 15 is 0 Å². The number of nitrogens with zero attached hydrogens (tertiary/aromatic N) is 1. The molecule has 0 radical (unpaired) electrons. The van der Waals surface area contributed by atoms with E-state index in [0.29, 0.717) is 6.54 Å². The predicted octanol–water partition coefficient (Wildman–Crippen LogP) is 1.45. The summed E-state index contributed by atoms with van der Waals surface area (Å²) in [6.45, 7) is 3.75. The molecule has 20 heavy (non-hydrogen) atoms. The molecule has 0 spiro atoms. The summed E-state index contributed by atoms with van der Waals surface area (Å²) in [4.78, 5) is -0.0528. The molecule has 110 valence electrons. The second kappa shape index (κ2) is 6.84. The molecule has 1 rings (SSSR count). The highest BCUT2D eigenvalue weighted by molar-refractivity contribution is 7.89. The van der Waals surface area contributed by atoms with Gasteiger partial charge < -0.3 is 5.11 Å². The van der Waals surface area contributed by atoms with E-state index in [1.165, 1.54) is 17.4 Å². The van der Waals surface area contributed by atoms with E-state index in [-0.39, 0.29) is 16.4 Å². The summed E-state index contributed by atoms with van der Waals surface area (Å²) in [6.07, 6.45) is 0. The van der Waals surface area contributed by atoms with E-state index in [9.17, 15) is 12.8 Å². The van der Waals surface area contributed by atoms with Crippen LogP contribution in [0.15, 0.2) is 23.1 Å². The number of aliphatic hydroxyl groups excluding tert-OH is 1. The van der Waals surface area contributed by atoms with Gasteiger partial charge in [0, 0.05) is 19.2 Å². The molecule has 4 nitrogen and oxygen atoms in total. The van der Waals surface area contributed by atoms with Crippen molar-refractivity contribution in [1.29, 1.82) is 0 Å². The van der Waals surface area contributed by atoms with Crippen molar-refractivity contribution in [3.63, 3.8) is 0 Å². The maximum absolute atomic E-state index is 13.2. The van der Waals surface area contributed by atoms with Crippen LogP contribution in [0.25, 0.3) is 0 Å².